The molecule has 0 amide bonds. The van der Waals surface area contributed by atoms with Crippen molar-refractivity contribution in [3.8, 4) is 0 Å². The maximum absolute atomic E-state index is 10.9. The minimum absolute atomic E-state index is 0.131. The largest absolute Gasteiger partial charge is 0.312 e. The second kappa shape index (κ2) is 5.71. The highest BCUT2D eigenvalue weighted by Crippen LogP contribution is 2.10. The van der Waals surface area contributed by atoms with Crippen LogP contribution < -0.4 is 5.32 Å². The molecule has 0 rings (SSSR count). The van der Waals surface area contributed by atoms with E-state index in [1.54, 1.807) is 0 Å². The van der Waals surface area contributed by atoms with Gasteiger partial charge in [-0.15, -0.1) is 0 Å². The third-order valence-corrected chi connectivity index (χ3v) is 3.20. The molecule has 0 spiro atoms. The van der Waals surface area contributed by atoms with Crippen molar-refractivity contribution in [1.82, 2.24) is 5.32 Å². The summed E-state index contributed by atoms with van der Waals surface area (Å²) in [4.78, 5) is 0. The predicted octanol–water partition coefficient (Wildman–Crippen LogP) is 1.59. The van der Waals surface area contributed by atoms with Crippen LogP contribution in [0.1, 0.15) is 40.0 Å². The lowest BCUT2D eigenvalue weighted by molar-refractivity contribution is 0.360. The number of rotatable bonds is 7. The van der Waals surface area contributed by atoms with E-state index in [-0.39, 0.29) is 11.3 Å². The zero-order chi connectivity index (χ0) is 11.2. The number of hydrogen-bond donors (Lipinski definition) is 1. The molecule has 0 bridgehead atoms. The minimum atomic E-state index is -2.79. The lowest BCUT2D eigenvalue weighted by Gasteiger charge is -2.25. The van der Waals surface area contributed by atoms with Crippen LogP contribution >= 0.6 is 0 Å². The SMILES string of the molecule is CCCC(C)(C)NCCCS(C)(=O)=O. The van der Waals surface area contributed by atoms with Crippen LogP contribution in [0.3, 0.4) is 0 Å². The Morgan fingerprint density at radius 3 is 2.29 bits per heavy atom. The van der Waals surface area contributed by atoms with Crippen molar-refractivity contribution < 1.29 is 8.42 Å². The smallest absolute Gasteiger partial charge is 0.147 e. The Balaban J connectivity index is 3.64. The van der Waals surface area contributed by atoms with Crippen molar-refractivity contribution in [1.29, 1.82) is 0 Å². The summed E-state index contributed by atoms with van der Waals surface area (Å²) in [5, 5.41) is 3.37. The van der Waals surface area contributed by atoms with Gasteiger partial charge in [0.05, 0.1) is 5.75 Å². The highest BCUT2D eigenvalue weighted by Gasteiger charge is 2.14. The molecule has 0 atom stereocenters. The first kappa shape index (κ1) is 13.9. The molecule has 0 saturated carbocycles. The molecular formula is C10H23NO2S. The summed E-state index contributed by atoms with van der Waals surface area (Å²) < 4.78 is 21.7. The standard InChI is InChI=1S/C10H23NO2S/c1-5-7-10(2,3)11-8-6-9-14(4,12)13/h11H,5-9H2,1-4H3. The van der Waals surface area contributed by atoms with Crippen LogP contribution in [0.4, 0.5) is 0 Å². The van der Waals surface area contributed by atoms with Gasteiger partial charge in [0, 0.05) is 11.8 Å². The molecule has 3 nitrogen and oxygen atoms in total. The summed E-state index contributed by atoms with van der Waals surface area (Å²) in [6.07, 6.45) is 4.24. The van der Waals surface area contributed by atoms with Crippen LogP contribution in [0.2, 0.25) is 0 Å². The summed E-state index contributed by atoms with van der Waals surface area (Å²) in [5.41, 5.74) is 0.131. The van der Waals surface area contributed by atoms with Gasteiger partial charge < -0.3 is 5.32 Å². The summed E-state index contributed by atoms with van der Waals surface area (Å²) in [7, 11) is -2.79. The van der Waals surface area contributed by atoms with Crippen molar-refractivity contribution >= 4 is 9.84 Å². The molecule has 0 heterocycles. The first-order chi connectivity index (χ1) is 6.27. The van der Waals surface area contributed by atoms with Crippen molar-refractivity contribution in [2.24, 2.45) is 0 Å². The normalized spacial score (nSPS) is 13.1. The lowest BCUT2D eigenvalue weighted by Crippen LogP contribution is -2.40. The van der Waals surface area contributed by atoms with Gasteiger partial charge in [-0.25, -0.2) is 8.42 Å². The van der Waals surface area contributed by atoms with Gasteiger partial charge in [0.1, 0.15) is 9.84 Å². The second-order valence-corrected chi connectivity index (χ2v) is 6.80. The van der Waals surface area contributed by atoms with Gasteiger partial charge in [-0.2, -0.15) is 0 Å². The van der Waals surface area contributed by atoms with Crippen molar-refractivity contribution in [2.45, 2.75) is 45.6 Å². The van der Waals surface area contributed by atoms with Crippen molar-refractivity contribution in [2.75, 3.05) is 18.6 Å². The van der Waals surface area contributed by atoms with E-state index >= 15 is 0 Å². The summed E-state index contributed by atoms with van der Waals surface area (Å²) in [6, 6.07) is 0. The maximum Gasteiger partial charge on any atom is 0.147 e. The molecule has 0 aromatic carbocycles. The Morgan fingerprint density at radius 2 is 1.86 bits per heavy atom. The van der Waals surface area contributed by atoms with Crippen molar-refractivity contribution in [3.05, 3.63) is 0 Å². The molecule has 0 fully saturated rings. The Kier molecular flexibility index (Phi) is 5.67. The average Bonchev–Trinajstić information content (AvgIpc) is 1.96. The third kappa shape index (κ3) is 8.51. The Bertz CT molecular complexity index is 245. The molecule has 0 saturated heterocycles. The number of hydrogen-bond acceptors (Lipinski definition) is 3. The molecule has 86 valence electrons. The van der Waals surface area contributed by atoms with E-state index in [0.717, 1.165) is 19.4 Å². The molecule has 0 aliphatic rings. The van der Waals surface area contributed by atoms with E-state index in [2.05, 4.69) is 26.1 Å². The van der Waals surface area contributed by atoms with Gasteiger partial charge in [0.15, 0.2) is 0 Å². The van der Waals surface area contributed by atoms with Crippen LogP contribution in [0.25, 0.3) is 0 Å². The molecule has 4 heteroatoms. The van der Waals surface area contributed by atoms with E-state index in [0.29, 0.717) is 6.42 Å². The van der Waals surface area contributed by atoms with Gasteiger partial charge >= 0.3 is 0 Å². The maximum atomic E-state index is 10.9. The van der Waals surface area contributed by atoms with Gasteiger partial charge in [-0.3, -0.25) is 0 Å². The lowest BCUT2D eigenvalue weighted by atomic mass is 9.99. The van der Waals surface area contributed by atoms with E-state index in [1.165, 1.54) is 6.26 Å². The quantitative estimate of drug-likeness (QED) is 0.664. The molecular weight excluding hydrogens is 198 g/mol. The van der Waals surface area contributed by atoms with E-state index in [4.69, 9.17) is 0 Å². The third-order valence-electron chi connectivity index (χ3n) is 2.17. The highest BCUT2D eigenvalue weighted by molar-refractivity contribution is 7.90. The van der Waals surface area contributed by atoms with Crippen LogP contribution in [0.15, 0.2) is 0 Å². The Labute approximate surface area is 88.2 Å². The van der Waals surface area contributed by atoms with Gasteiger partial charge in [0.2, 0.25) is 0 Å². The monoisotopic (exact) mass is 221 g/mol. The molecule has 0 aromatic heterocycles. The summed E-state index contributed by atoms with van der Waals surface area (Å²) in [5.74, 6) is 0.280. The first-order valence-corrected chi connectivity index (χ1v) is 7.25. The van der Waals surface area contributed by atoms with Crippen LogP contribution in [-0.2, 0) is 9.84 Å². The molecule has 0 unspecified atom stereocenters. The molecule has 0 radical (unpaired) electrons. The molecule has 0 aliphatic carbocycles. The fourth-order valence-electron chi connectivity index (χ4n) is 1.47. The zero-order valence-electron chi connectivity index (χ0n) is 9.76. The predicted molar refractivity (Wildman–Crippen MR) is 61.3 cm³/mol. The molecule has 0 aromatic rings. The van der Waals surface area contributed by atoms with Gasteiger partial charge in [-0.1, -0.05) is 13.3 Å². The van der Waals surface area contributed by atoms with Crippen LogP contribution in [0.5, 0.6) is 0 Å². The van der Waals surface area contributed by atoms with Crippen LogP contribution in [-0.4, -0.2) is 32.5 Å². The minimum Gasteiger partial charge on any atom is -0.312 e. The Morgan fingerprint density at radius 1 is 1.29 bits per heavy atom. The van der Waals surface area contributed by atoms with Gasteiger partial charge in [-0.05, 0) is 33.2 Å². The number of nitrogens with one attached hydrogen (secondary N) is 1. The molecule has 14 heavy (non-hydrogen) atoms. The fourth-order valence-corrected chi connectivity index (χ4v) is 2.14. The van der Waals surface area contributed by atoms with Gasteiger partial charge in [0.25, 0.3) is 0 Å². The molecule has 1 N–H and O–H groups in total. The first-order valence-electron chi connectivity index (χ1n) is 5.19. The Hall–Kier alpha value is -0.0900. The second-order valence-electron chi connectivity index (χ2n) is 4.54. The van der Waals surface area contributed by atoms with E-state index in [1.807, 2.05) is 0 Å². The zero-order valence-corrected chi connectivity index (χ0v) is 10.6. The fraction of sp³-hybridized carbons (Fsp3) is 1.00. The number of sulfone groups is 1. The average molecular weight is 221 g/mol. The van der Waals surface area contributed by atoms with E-state index < -0.39 is 9.84 Å². The molecule has 0 aliphatic heterocycles. The highest BCUT2D eigenvalue weighted by atomic mass is 32.2. The summed E-state index contributed by atoms with van der Waals surface area (Å²) in [6.45, 7) is 7.23. The summed E-state index contributed by atoms with van der Waals surface area (Å²) >= 11 is 0. The van der Waals surface area contributed by atoms with Crippen LogP contribution in [0, 0.1) is 0 Å². The van der Waals surface area contributed by atoms with Crippen molar-refractivity contribution in [3.63, 3.8) is 0 Å². The van der Waals surface area contributed by atoms with E-state index in [9.17, 15) is 8.42 Å². The topological polar surface area (TPSA) is 46.2 Å².